The molecule has 3 aromatic carbocycles. The van der Waals surface area contributed by atoms with Crippen LogP contribution >= 0.6 is 0 Å². The fraction of sp³-hybridized carbons (Fsp3) is 0.105. The van der Waals surface area contributed by atoms with Crippen LogP contribution in [-0.2, 0) is 11.2 Å². The van der Waals surface area contributed by atoms with Crippen molar-refractivity contribution in [2.45, 2.75) is 6.42 Å². The van der Waals surface area contributed by atoms with Gasteiger partial charge in [0.05, 0.1) is 13.5 Å². The van der Waals surface area contributed by atoms with Crippen molar-refractivity contribution in [2.24, 2.45) is 0 Å². The molecule has 3 aromatic rings. The van der Waals surface area contributed by atoms with Gasteiger partial charge in [0.1, 0.15) is 5.75 Å². The van der Waals surface area contributed by atoms with E-state index in [1.807, 2.05) is 54.6 Å². The maximum atomic E-state index is 11.0. The lowest BCUT2D eigenvalue weighted by atomic mass is 9.95. The van der Waals surface area contributed by atoms with Gasteiger partial charge in [-0.25, -0.2) is 0 Å². The minimum absolute atomic E-state index is 0.0202. The molecule has 0 aromatic heterocycles. The summed E-state index contributed by atoms with van der Waals surface area (Å²) in [5.41, 5.74) is 2.78. The molecule has 0 aliphatic rings. The highest BCUT2D eigenvalue weighted by Gasteiger charge is 2.09. The Balaban J connectivity index is 2.12. The average Bonchev–Trinajstić information content (AvgIpc) is 2.53. The standard InChI is InChI=1S/C19H16O3/c1-22-17-9-8-13-6-7-15(10-16(13)11-17)18-5-3-2-4-14(18)12-19(20)21/h2-11H,12H2,1H3,(H,20,21). The van der Waals surface area contributed by atoms with Gasteiger partial charge in [0.25, 0.3) is 0 Å². The molecule has 3 rings (SSSR count). The van der Waals surface area contributed by atoms with Gasteiger partial charge in [0, 0.05) is 0 Å². The van der Waals surface area contributed by atoms with Crippen LogP contribution in [0.4, 0.5) is 0 Å². The summed E-state index contributed by atoms with van der Waals surface area (Å²) in [4.78, 5) is 11.0. The predicted octanol–water partition coefficient (Wildman–Crippen LogP) is 4.14. The molecule has 0 aliphatic carbocycles. The predicted molar refractivity (Wildman–Crippen MR) is 87.3 cm³/mol. The van der Waals surface area contributed by atoms with Gasteiger partial charge in [-0.05, 0) is 45.7 Å². The highest BCUT2D eigenvalue weighted by atomic mass is 16.5. The van der Waals surface area contributed by atoms with Crippen LogP contribution in [0, 0.1) is 0 Å². The topological polar surface area (TPSA) is 46.5 Å². The van der Waals surface area contributed by atoms with Crippen molar-refractivity contribution < 1.29 is 14.6 Å². The Labute approximate surface area is 128 Å². The molecular formula is C19H16O3. The van der Waals surface area contributed by atoms with Crippen molar-refractivity contribution in [1.29, 1.82) is 0 Å². The van der Waals surface area contributed by atoms with Gasteiger partial charge in [-0.15, -0.1) is 0 Å². The van der Waals surface area contributed by atoms with E-state index >= 15 is 0 Å². The Bertz CT molecular complexity index is 837. The van der Waals surface area contributed by atoms with Crippen molar-refractivity contribution in [3.63, 3.8) is 0 Å². The van der Waals surface area contributed by atoms with Gasteiger partial charge in [-0.1, -0.05) is 42.5 Å². The lowest BCUT2D eigenvalue weighted by molar-refractivity contribution is -0.136. The Morgan fingerprint density at radius 3 is 2.55 bits per heavy atom. The molecule has 0 aliphatic heterocycles. The molecule has 0 atom stereocenters. The van der Waals surface area contributed by atoms with Gasteiger partial charge in [-0.2, -0.15) is 0 Å². The zero-order valence-electron chi connectivity index (χ0n) is 12.2. The first-order valence-corrected chi connectivity index (χ1v) is 7.05. The molecule has 1 N–H and O–H groups in total. The summed E-state index contributed by atoms with van der Waals surface area (Å²) < 4.78 is 5.27. The van der Waals surface area contributed by atoms with E-state index in [2.05, 4.69) is 6.07 Å². The summed E-state index contributed by atoms with van der Waals surface area (Å²) in [7, 11) is 1.65. The first-order valence-electron chi connectivity index (χ1n) is 7.05. The zero-order chi connectivity index (χ0) is 15.5. The van der Waals surface area contributed by atoms with Crippen molar-refractivity contribution in [1.82, 2.24) is 0 Å². The zero-order valence-corrected chi connectivity index (χ0v) is 12.2. The van der Waals surface area contributed by atoms with Crippen LogP contribution < -0.4 is 4.74 Å². The van der Waals surface area contributed by atoms with Crippen LogP contribution in [0.5, 0.6) is 5.75 Å². The summed E-state index contributed by atoms with van der Waals surface area (Å²) >= 11 is 0. The maximum Gasteiger partial charge on any atom is 0.307 e. The molecule has 0 bridgehead atoms. The van der Waals surface area contributed by atoms with Crippen molar-refractivity contribution in [3.8, 4) is 16.9 Å². The second-order valence-corrected chi connectivity index (χ2v) is 5.16. The molecule has 3 heteroatoms. The molecule has 0 unspecified atom stereocenters. The highest BCUT2D eigenvalue weighted by molar-refractivity contribution is 5.89. The van der Waals surface area contributed by atoms with Crippen LogP contribution in [0.15, 0.2) is 60.7 Å². The van der Waals surface area contributed by atoms with Crippen LogP contribution in [0.25, 0.3) is 21.9 Å². The number of methoxy groups -OCH3 is 1. The van der Waals surface area contributed by atoms with E-state index in [-0.39, 0.29) is 6.42 Å². The molecule has 0 heterocycles. The second-order valence-electron chi connectivity index (χ2n) is 5.16. The third kappa shape index (κ3) is 2.79. The summed E-state index contributed by atoms with van der Waals surface area (Å²) in [6.45, 7) is 0. The molecule has 0 saturated heterocycles. The Morgan fingerprint density at radius 2 is 1.77 bits per heavy atom. The van der Waals surface area contributed by atoms with Crippen LogP contribution in [-0.4, -0.2) is 18.2 Å². The number of carboxylic acids is 1. The number of ether oxygens (including phenoxy) is 1. The average molecular weight is 292 g/mol. The number of hydrogen-bond acceptors (Lipinski definition) is 2. The molecule has 0 fully saturated rings. The lowest BCUT2D eigenvalue weighted by Gasteiger charge is -2.10. The number of hydrogen-bond donors (Lipinski definition) is 1. The molecule has 0 spiro atoms. The highest BCUT2D eigenvalue weighted by Crippen LogP contribution is 2.29. The minimum atomic E-state index is -0.824. The van der Waals surface area contributed by atoms with Gasteiger partial charge < -0.3 is 9.84 Å². The van der Waals surface area contributed by atoms with Crippen molar-refractivity contribution >= 4 is 16.7 Å². The summed E-state index contributed by atoms with van der Waals surface area (Å²) in [5.74, 6) is -0.0154. The smallest absolute Gasteiger partial charge is 0.307 e. The SMILES string of the molecule is COc1ccc2ccc(-c3ccccc3CC(=O)O)cc2c1. The number of fused-ring (bicyclic) bond motifs is 1. The van der Waals surface area contributed by atoms with Crippen molar-refractivity contribution in [2.75, 3.05) is 7.11 Å². The molecule has 0 saturated carbocycles. The van der Waals surface area contributed by atoms with E-state index < -0.39 is 5.97 Å². The first kappa shape index (κ1) is 14.1. The number of benzene rings is 3. The van der Waals surface area contributed by atoms with Gasteiger partial charge in [-0.3, -0.25) is 4.79 Å². The summed E-state index contributed by atoms with van der Waals surface area (Å²) in [6, 6.07) is 19.7. The van der Waals surface area contributed by atoms with Crippen molar-refractivity contribution in [3.05, 3.63) is 66.2 Å². The Kier molecular flexibility index (Phi) is 3.79. The molecule has 110 valence electrons. The number of carbonyl (C=O) groups is 1. The summed E-state index contributed by atoms with van der Waals surface area (Å²) in [6.07, 6.45) is 0.0202. The minimum Gasteiger partial charge on any atom is -0.497 e. The van der Waals surface area contributed by atoms with E-state index in [1.165, 1.54) is 0 Å². The Morgan fingerprint density at radius 1 is 1.00 bits per heavy atom. The van der Waals surface area contributed by atoms with Gasteiger partial charge >= 0.3 is 5.97 Å². The third-order valence-electron chi connectivity index (χ3n) is 3.72. The molecular weight excluding hydrogens is 276 g/mol. The number of carboxylic acid groups (broad SMARTS) is 1. The normalized spacial score (nSPS) is 10.6. The van der Waals surface area contributed by atoms with Gasteiger partial charge in [0.2, 0.25) is 0 Å². The molecule has 0 radical (unpaired) electrons. The maximum absolute atomic E-state index is 11.0. The monoisotopic (exact) mass is 292 g/mol. The van der Waals surface area contributed by atoms with E-state index in [1.54, 1.807) is 7.11 Å². The largest absolute Gasteiger partial charge is 0.497 e. The lowest BCUT2D eigenvalue weighted by Crippen LogP contribution is -2.01. The van der Waals surface area contributed by atoms with Crippen LogP contribution in [0.3, 0.4) is 0 Å². The van der Waals surface area contributed by atoms with Gasteiger partial charge in [0.15, 0.2) is 0 Å². The van der Waals surface area contributed by atoms with Crippen LogP contribution in [0.1, 0.15) is 5.56 Å². The fourth-order valence-electron chi connectivity index (χ4n) is 2.64. The van der Waals surface area contributed by atoms with E-state index in [0.717, 1.165) is 33.2 Å². The van der Waals surface area contributed by atoms with Crippen LogP contribution in [0.2, 0.25) is 0 Å². The van der Waals surface area contributed by atoms with E-state index in [0.29, 0.717) is 0 Å². The number of rotatable bonds is 4. The van der Waals surface area contributed by atoms with E-state index in [9.17, 15) is 4.79 Å². The molecule has 0 amide bonds. The third-order valence-corrected chi connectivity index (χ3v) is 3.72. The van der Waals surface area contributed by atoms with E-state index in [4.69, 9.17) is 9.84 Å². The number of aliphatic carboxylic acids is 1. The molecule has 3 nitrogen and oxygen atoms in total. The quantitative estimate of drug-likeness (QED) is 0.786. The molecule has 22 heavy (non-hydrogen) atoms. The summed E-state index contributed by atoms with van der Waals surface area (Å²) in [5, 5.41) is 11.3. The first-order chi connectivity index (χ1) is 10.7. The fourth-order valence-corrected chi connectivity index (χ4v) is 2.64. The Hall–Kier alpha value is -2.81. The second kappa shape index (κ2) is 5.90.